The van der Waals surface area contributed by atoms with Crippen molar-refractivity contribution < 1.29 is 17.7 Å². The number of nitrogens with one attached hydrogen (secondary N) is 1. The Morgan fingerprint density at radius 3 is 2.39 bits per heavy atom. The van der Waals surface area contributed by atoms with Crippen molar-refractivity contribution in [2.75, 3.05) is 31.5 Å². The lowest BCUT2D eigenvalue weighted by atomic mass is 10.2. The van der Waals surface area contributed by atoms with E-state index in [4.69, 9.17) is 4.52 Å². The van der Waals surface area contributed by atoms with Crippen LogP contribution in [0, 0.1) is 13.8 Å². The molecule has 33 heavy (non-hydrogen) atoms. The van der Waals surface area contributed by atoms with Gasteiger partial charge in [0.15, 0.2) is 11.6 Å². The Labute approximate surface area is 190 Å². The second-order valence-electron chi connectivity index (χ2n) is 8.23. The highest BCUT2D eigenvalue weighted by Gasteiger charge is 2.34. The highest BCUT2D eigenvalue weighted by Crippen LogP contribution is 2.36. The van der Waals surface area contributed by atoms with Crippen molar-refractivity contribution in [1.29, 1.82) is 0 Å². The third-order valence-corrected chi connectivity index (χ3v) is 8.02. The van der Waals surface area contributed by atoms with Gasteiger partial charge in [0.25, 0.3) is 0 Å². The number of piperazine rings is 1. The van der Waals surface area contributed by atoms with Gasteiger partial charge < -0.3 is 14.7 Å². The summed E-state index contributed by atoms with van der Waals surface area (Å²) in [5.74, 6) is 0.980. The normalized spacial score (nSPS) is 17.3. The quantitative estimate of drug-likeness (QED) is 0.593. The van der Waals surface area contributed by atoms with Crippen LogP contribution in [0.2, 0.25) is 0 Å². The maximum Gasteiger partial charge on any atom is 0.321 e. The molecule has 1 aliphatic heterocycles. The Morgan fingerprint density at radius 1 is 1.09 bits per heavy atom. The van der Waals surface area contributed by atoms with Gasteiger partial charge in [-0.25, -0.2) is 17.9 Å². The molecule has 2 amide bonds. The van der Waals surface area contributed by atoms with Crippen LogP contribution in [0.25, 0.3) is 11.4 Å². The van der Waals surface area contributed by atoms with Crippen LogP contribution >= 0.6 is 0 Å². The molecule has 0 bridgehead atoms. The SMILES string of the molecule is Cc1noc(C)c1S(=O)(=O)N1CCN(C(=O)Nc2ccc(-c3nnnn3C3CC3)cc2)CC1. The predicted molar refractivity (Wildman–Crippen MR) is 117 cm³/mol. The van der Waals surface area contributed by atoms with Crippen molar-refractivity contribution in [3.8, 4) is 11.4 Å². The van der Waals surface area contributed by atoms with Crippen molar-refractivity contribution >= 4 is 21.7 Å². The summed E-state index contributed by atoms with van der Waals surface area (Å²) in [5, 5.41) is 18.5. The van der Waals surface area contributed by atoms with Crippen molar-refractivity contribution in [3.05, 3.63) is 35.7 Å². The number of amides is 2. The van der Waals surface area contributed by atoms with E-state index in [1.165, 1.54) is 4.31 Å². The zero-order valence-electron chi connectivity index (χ0n) is 18.3. The molecular weight excluding hydrogens is 448 g/mol. The molecule has 2 aromatic heterocycles. The number of carbonyl (C=O) groups is 1. The molecule has 0 unspecified atom stereocenters. The lowest BCUT2D eigenvalue weighted by Crippen LogP contribution is -2.51. The number of rotatable bonds is 5. The number of benzene rings is 1. The van der Waals surface area contributed by atoms with Crippen LogP contribution in [-0.2, 0) is 10.0 Å². The first-order chi connectivity index (χ1) is 15.8. The number of anilines is 1. The fraction of sp³-hybridized carbons (Fsp3) is 0.450. The van der Waals surface area contributed by atoms with E-state index in [0.29, 0.717) is 23.2 Å². The van der Waals surface area contributed by atoms with E-state index < -0.39 is 10.0 Å². The highest BCUT2D eigenvalue weighted by atomic mass is 32.2. The summed E-state index contributed by atoms with van der Waals surface area (Å²) >= 11 is 0. The second-order valence-corrected chi connectivity index (χ2v) is 10.1. The molecule has 0 spiro atoms. The van der Waals surface area contributed by atoms with E-state index >= 15 is 0 Å². The van der Waals surface area contributed by atoms with Gasteiger partial charge in [-0.05, 0) is 61.4 Å². The van der Waals surface area contributed by atoms with Gasteiger partial charge in [-0.2, -0.15) is 4.31 Å². The van der Waals surface area contributed by atoms with Crippen LogP contribution in [0.5, 0.6) is 0 Å². The minimum absolute atomic E-state index is 0.105. The van der Waals surface area contributed by atoms with Crippen molar-refractivity contribution in [3.63, 3.8) is 0 Å². The Hall–Kier alpha value is -3.32. The van der Waals surface area contributed by atoms with Gasteiger partial charge >= 0.3 is 6.03 Å². The third kappa shape index (κ3) is 4.09. The molecular formula is C20H24N8O4S. The summed E-state index contributed by atoms with van der Waals surface area (Å²) in [6.45, 7) is 4.13. The summed E-state index contributed by atoms with van der Waals surface area (Å²) in [5.41, 5.74) is 1.85. The van der Waals surface area contributed by atoms with Crippen LogP contribution in [0.4, 0.5) is 10.5 Å². The number of hydrogen-bond donors (Lipinski definition) is 1. The number of hydrogen-bond acceptors (Lipinski definition) is 8. The van der Waals surface area contributed by atoms with E-state index in [2.05, 4.69) is 26.0 Å². The lowest BCUT2D eigenvalue weighted by molar-refractivity contribution is 0.184. The number of carbonyl (C=O) groups excluding carboxylic acids is 1. The topological polar surface area (TPSA) is 139 Å². The molecule has 0 radical (unpaired) electrons. The maximum absolute atomic E-state index is 12.9. The molecule has 174 valence electrons. The van der Waals surface area contributed by atoms with Crippen LogP contribution in [-0.4, -0.2) is 75.2 Å². The molecule has 3 heterocycles. The zero-order valence-corrected chi connectivity index (χ0v) is 19.1. The molecule has 1 N–H and O–H groups in total. The fourth-order valence-electron chi connectivity index (χ4n) is 3.96. The van der Waals surface area contributed by atoms with E-state index in [1.54, 1.807) is 30.9 Å². The molecule has 0 atom stereocenters. The largest absolute Gasteiger partial charge is 0.360 e. The predicted octanol–water partition coefficient (Wildman–Crippen LogP) is 1.82. The van der Waals surface area contributed by atoms with Crippen molar-refractivity contribution in [2.24, 2.45) is 0 Å². The molecule has 1 aromatic carbocycles. The van der Waals surface area contributed by atoms with Crippen LogP contribution in [0.3, 0.4) is 0 Å². The molecule has 13 heteroatoms. The number of nitrogens with zero attached hydrogens (tertiary/aromatic N) is 7. The average molecular weight is 473 g/mol. The van der Waals surface area contributed by atoms with E-state index in [1.807, 2.05) is 16.8 Å². The van der Waals surface area contributed by atoms with Crippen molar-refractivity contribution in [1.82, 2.24) is 34.6 Å². The Kier molecular flexibility index (Phi) is 5.37. The molecule has 1 aliphatic carbocycles. The molecule has 1 saturated heterocycles. The summed E-state index contributed by atoms with van der Waals surface area (Å²) in [7, 11) is -3.72. The second kappa shape index (κ2) is 8.23. The number of aryl methyl sites for hydroxylation is 2. The molecule has 1 saturated carbocycles. The molecule has 5 rings (SSSR count). The third-order valence-electron chi connectivity index (χ3n) is 5.87. The smallest absolute Gasteiger partial charge is 0.321 e. The summed E-state index contributed by atoms with van der Waals surface area (Å²) < 4.78 is 34.1. The molecule has 12 nitrogen and oxygen atoms in total. The summed E-state index contributed by atoms with van der Waals surface area (Å²) in [6, 6.07) is 7.44. The van der Waals surface area contributed by atoms with Gasteiger partial charge in [-0.3, -0.25) is 0 Å². The number of tetrazole rings is 1. The lowest BCUT2D eigenvalue weighted by Gasteiger charge is -2.33. The van der Waals surface area contributed by atoms with Crippen LogP contribution in [0.1, 0.15) is 30.3 Å². The minimum Gasteiger partial charge on any atom is -0.360 e. The standard InChI is InChI=1S/C20H24N8O4S/c1-13-18(14(2)32-23-13)33(30,31)27-11-9-26(10-12-27)20(29)21-16-5-3-15(4-6-16)19-22-24-25-28(19)17-7-8-17/h3-6,17H,7-12H2,1-2H3,(H,21,29). The summed E-state index contributed by atoms with van der Waals surface area (Å²) in [4.78, 5) is 14.4. The van der Waals surface area contributed by atoms with E-state index in [-0.39, 0.29) is 42.9 Å². The highest BCUT2D eigenvalue weighted by molar-refractivity contribution is 7.89. The van der Waals surface area contributed by atoms with Gasteiger partial charge in [0.05, 0.1) is 6.04 Å². The van der Waals surface area contributed by atoms with Gasteiger partial charge in [-0.1, -0.05) is 5.16 Å². The number of aromatic nitrogens is 5. The monoisotopic (exact) mass is 472 g/mol. The fourth-order valence-corrected chi connectivity index (χ4v) is 5.67. The van der Waals surface area contributed by atoms with Gasteiger partial charge in [0, 0.05) is 37.4 Å². The number of urea groups is 1. The average Bonchev–Trinajstić information content (AvgIpc) is 3.43. The molecule has 3 aromatic rings. The van der Waals surface area contributed by atoms with Gasteiger partial charge in [0.1, 0.15) is 10.6 Å². The van der Waals surface area contributed by atoms with Crippen molar-refractivity contribution in [2.45, 2.75) is 37.6 Å². The Balaban J connectivity index is 1.20. The van der Waals surface area contributed by atoms with E-state index in [0.717, 1.165) is 18.4 Å². The minimum atomic E-state index is -3.72. The molecule has 2 aliphatic rings. The molecule has 2 fully saturated rings. The Morgan fingerprint density at radius 2 is 1.79 bits per heavy atom. The van der Waals surface area contributed by atoms with Gasteiger partial charge in [-0.15, -0.1) is 5.10 Å². The first kappa shape index (κ1) is 21.5. The Bertz CT molecular complexity index is 1250. The zero-order chi connectivity index (χ0) is 23.2. The van der Waals surface area contributed by atoms with E-state index in [9.17, 15) is 13.2 Å². The van der Waals surface area contributed by atoms with Gasteiger partial charge in [0.2, 0.25) is 10.0 Å². The summed E-state index contributed by atoms with van der Waals surface area (Å²) in [6.07, 6.45) is 2.16. The van der Waals surface area contributed by atoms with Crippen LogP contribution < -0.4 is 5.32 Å². The van der Waals surface area contributed by atoms with Crippen LogP contribution in [0.15, 0.2) is 33.7 Å². The number of sulfonamides is 1. The first-order valence-corrected chi connectivity index (χ1v) is 12.2. The maximum atomic E-state index is 12.9. The first-order valence-electron chi connectivity index (χ1n) is 10.7.